The van der Waals surface area contributed by atoms with Gasteiger partial charge in [-0.2, -0.15) is 0 Å². The summed E-state index contributed by atoms with van der Waals surface area (Å²) in [6.45, 7) is 0.0817. The quantitative estimate of drug-likeness (QED) is 0.376. The largest absolute Gasteiger partial charge is 0.487 e. The van der Waals surface area contributed by atoms with Crippen LogP contribution in [0.15, 0.2) is 53.7 Å². The van der Waals surface area contributed by atoms with Crippen molar-refractivity contribution in [2.75, 3.05) is 23.3 Å². The Kier molecular flexibility index (Phi) is 6.90. The van der Waals surface area contributed by atoms with Gasteiger partial charge in [-0.15, -0.1) is 8.78 Å². The molecule has 0 atom stereocenters. The maximum absolute atomic E-state index is 13.7. The molecular formula is C23H20ClF4N5O3. The number of benzene rings is 1. The van der Waals surface area contributed by atoms with Crippen molar-refractivity contribution in [1.82, 2.24) is 14.5 Å². The zero-order valence-electron chi connectivity index (χ0n) is 18.9. The van der Waals surface area contributed by atoms with E-state index in [1.54, 1.807) is 4.90 Å². The van der Waals surface area contributed by atoms with Crippen LogP contribution in [0.1, 0.15) is 23.2 Å². The van der Waals surface area contributed by atoms with Gasteiger partial charge < -0.3 is 19.5 Å². The molecule has 3 aromatic rings. The first kappa shape index (κ1) is 25.4. The minimum absolute atomic E-state index is 0.0408. The van der Waals surface area contributed by atoms with E-state index in [-0.39, 0.29) is 54.2 Å². The molecule has 190 valence electrons. The number of alkyl halides is 5. The maximum Gasteiger partial charge on any atom is 0.487 e. The zero-order valence-corrected chi connectivity index (χ0v) is 19.6. The fourth-order valence-electron chi connectivity index (χ4n) is 3.62. The summed E-state index contributed by atoms with van der Waals surface area (Å²) in [5.74, 6) is -3.23. The van der Waals surface area contributed by atoms with Crippen LogP contribution in [0, 0.1) is 0 Å². The number of carbonyl (C=O) groups excluding carboxylic acids is 1. The van der Waals surface area contributed by atoms with Gasteiger partial charge >= 0.3 is 5.57 Å². The zero-order chi connectivity index (χ0) is 26.1. The van der Waals surface area contributed by atoms with Gasteiger partial charge in [-0.25, -0.2) is 18.7 Å². The Hall–Kier alpha value is -3.67. The second-order valence-electron chi connectivity index (χ2n) is 8.19. The lowest BCUT2D eigenvalue weighted by Gasteiger charge is -2.33. The van der Waals surface area contributed by atoms with E-state index < -0.39 is 17.4 Å². The number of amides is 1. The van der Waals surface area contributed by atoms with Crippen LogP contribution in [-0.4, -0.2) is 45.0 Å². The van der Waals surface area contributed by atoms with E-state index in [1.807, 2.05) is 0 Å². The van der Waals surface area contributed by atoms with E-state index in [4.69, 9.17) is 11.6 Å². The number of piperidine rings is 1. The van der Waals surface area contributed by atoms with E-state index in [2.05, 4.69) is 20.0 Å². The molecular weight excluding hydrogens is 506 g/mol. The minimum Gasteiger partial charge on any atom is -0.420 e. The number of carbonyl (C=O) groups is 1. The Morgan fingerprint density at radius 3 is 2.42 bits per heavy atom. The first-order valence-corrected chi connectivity index (χ1v) is 11.1. The van der Waals surface area contributed by atoms with Gasteiger partial charge in [-0.1, -0.05) is 0 Å². The van der Waals surface area contributed by atoms with E-state index in [0.29, 0.717) is 11.4 Å². The summed E-state index contributed by atoms with van der Waals surface area (Å²) in [7, 11) is 1.53. The fraction of sp³-hybridized carbons (Fsp3) is 0.304. The average Bonchev–Trinajstić information content (AvgIpc) is 2.81. The Morgan fingerprint density at radius 2 is 1.81 bits per heavy atom. The van der Waals surface area contributed by atoms with Crippen LogP contribution in [0.3, 0.4) is 0 Å². The molecule has 1 saturated heterocycles. The van der Waals surface area contributed by atoms with Crippen LogP contribution >= 0.6 is 11.6 Å². The standard InChI is InChI=1S/C23H20ClF4N5O3/c1-32-13-30-18(11-19(32)34)17-10-14(12-29-20(17)33-8-6-22(25,26)7-9-33)21(35)31-15-2-4-16(5-3-15)36-23(24,27)28/h2-5,10-13H,6-9H2,1H3,(H,31,35). The number of hydrogen-bond acceptors (Lipinski definition) is 6. The molecule has 0 saturated carbocycles. The van der Waals surface area contributed by atoms with Crippen molar-refractivity contribution < 1.29 is 27.1 Å². The van der Waals surface area contributed by atoms with Gasteiger partial charge in [0, 0.05) is 68.1 Å². The molecule has 1 N–H and O–H groups in total. The SMILES string of the molecule is Cn1cnc(-c2cc(C(=O)Nc3ccc(OC(F)(F)Cl)cc3)cnc2N2CCC(F)(F)CC2)cc1=O. The second-order valence-corrected chi connectivity index (χ2v) is 8.63. The lowest BCUT2D eigenvalue weighted by Crippen LogP contribution is -2.40. The van der Waals surface area contributed by atoms with Gasteiger partial charge in [0.2, 0.25) is 0 Å². The van der Waals surface area contributed by atoms with E-state index in [0.717, 1.165) is 0 Å². The predicted octanol–water partition coefficient (Wildman–Crippen LogP) is 4.50. The number of aryl methyl sites for hydroxylation is 1. The summed E-state index contributed by atoms with van der Waals surface area (Å²) in [5, 5.41) is 2.60. The normalized spacial score (nSPS) is 15.4. The highest BCUT2D eigenvalue weighted by Gasteiger charge is 2.35. The summed E-state index contributed by atoms with van der Waals surface area (Å²) in [6, 6.07) is 7.83. The number of ether oxygens (including phenoxy) is 1. The van der Waals surface area contributed by atoms with Crippen LogP contribution in [0.2, 0.25) is 0 Å². The number of rotatable bonds is 6. The number of pyridine rings is 1. The third-order valence-corrected chi connectivity index (χ3v) is 5.60. The summed E-state index contributed by atoms with van der Waals surface area (Å²) < 4.78 is 58.4. The van der Waals surface area contributed by atoms with Crippen molar-refractivity contribution >= 4 is 29.0 Å². The lowest BCUT2D eigenvalue weighted by atomic mass is 10.0. The molecule has 1 aliphatic heterocycles. The molecule has 13 heteroatoms. The number of halogens is 5. The number of hydrogen-bond donors (Lipinski definition) is 1. The molecule has 1 amide bonds. The van der Waals surface area contributed by atoms with Crippen LogP contribution in [0.4, 0.5) is 29.1 Å². The molecule has 1 aromatic carbocycles. The molecule has 36 heavy (non-hydrogen) atoms. The third-order valence-electron chi connectivity index (χ3n) is 5.52. The molecule has 0 unspecified atom stereocenters. The van der Waals surface area contributed by atoms with Crippen LogP contribution < -0.4 is 20.5 Å². The third kappa shape index (κ3) is 6.11. The first-order valence-electron chi connectivity index (χ1n) is 10.7. The van der Waals surface area contributed by atoms with Gasteiger partial charge in [-0.05, 0) is 30.3 Å². The van der Waals surface area contributed by atoms with Gasteiger partial charge in [0.1, 0.15) is 11.6 Å². The highest BCUT2D eigenvalue weighted by molar-refractivity contribution is 6.20. The summed E-state index contributed by atoms with van der Waals surface area (Å²) >= 11 is 4.74. The Balaban J connectivity index is 1.62. The van der Waals surface area contributed by atoms with E-state index in [1.165, 1.54) is 60.5 Å². The average molecular weight is 526 g/mol. The van der Waals surface area contributed by atoms with Gasteiger partial charge in [0.05, 0.1) is 17.6 Å². The van der Waals surface area contributed by atoms with Crippen molar-refractivity contribution in [3.8, 4) is 17.0 Å². The summed E-state index contributed by atoms with van der Waals surface area (Å²) in [6.07, 6.45) is 1.89. The number of nitrogens with one attached hydrogen (secondary N) is 1. The molecule has 0 bridgehead atoms. The molecule has 1 aliphatic rings. The molecule has 2 aromatic heterocycles. The van der Waals surface area contributed by atoms with Crippen molar-refractivity contribution in [3.05, 3.63) is 64.8 Å². The van der Waals surface area contributed by atoms with Crippen LogP contribution in [-0.2, 0) is 7.05 Å². The Morgan fingerprint density at radius 1 is 1.14 bits per heavy atom. The van der Waals surface area contributed by atoms with Crippen molar-refractivity contribution in [1.29, 1.82) is 0 Å². The van der Waals surface area contributed by atoms with E-state index in [9.17, 15) is 27.2 Å². The summed E-state index contributed by atoms with van der Waals surface area (Å²) in [4.78, 5) is 35.3. The fourth-order valence-corrected chi connectivity index (χ4v) is 3.71. The van der Waals surface area contributed by atoms with Crippen molar-refractivity contribution in [2.24, 2.45) is 7.05 Å². The maximum atomic E-state index is 13.7. The van der Waals surface area contributed by atoms with Gasteiger partial charge in [0.25, 0.3) is 17.4 Å². The minimum atomic E-state index is -3.87. The monoisotopic (exact) mass is 525 g/mol. The molecule has 0 radical (unpaired) electrons. The van der Waals surface area contributed by atoms with Crippen LogP contribution in [0.5, 0.6) is 5.75 Å². The molecule has 1 fully saturated rings. The second kappa shape index (κ2) is 9.76. The highest BCUT2D eigenvalue weighted by Crippen LogP contribution is 2.34. The molecule has 4 rings (SSSR count). The summed E-state index contributed by atoms with van der Waals surface area (Å²) in [5.41, 5.74) is -3.27. The molecule has 8 nitrogen and oxygen atoms in total. The van der Waals surface area contributed by atoms with Crippen LogP contribution in [0.25, 0.3) is 11.3 Å². The molecule has 0 aliphatic carbocycles. The molecule has 0 spiro atoms. The Bertz CT molecular complexity index is 1320. The van der Waals surface area contributed by atoms with E-state index >= 15 is 0 Å². The van der Waals surface area contributed by atoms with Gasteiger partial charge in [0.15, 0.2) is 0 Å². The number of anilines is 2. The smallest absolute Gasteiger partial charge is 0.420 e. The first-order chi connectivity index (χ1) is 16.9. The number of nitrogens with zero attached hydrogens (tertiary/aromatic N) is 4. The topological polar surface area (TPSA) is 89.3 Å². The number of aromatic nitrogens is 3. The predicted molar refractivity (Wildman–Crippen MR) is 125 cm³/mol. The van der Waals surface area contributed by atoms with Crippen molar-refractivity contribution in [3.63, 3.8) is 0 Å². The van der Waals surface area contributed by atoms with Gasteiger partial charge in [-0.3, -0.25) is 9.59 Å². The lowest BCUT2D eigenvalue weighted by molar-refractivity contribution is -0.0964. The molecule has 3 heterocycles. The Labute approximate surface area is 207 Å². The van der Waals surface area contributed by atoms with Crippen molar-refractivity contribution in [2.45, 2.75) is 24.3 Å². The highest BCUT2D eigenvalue weighted by atomic mass is 35.5.